The molecule has 0 saturated carbocycles. The summed E-state index contributed by atoms with van der Waals surface area (Å²) in [5.41, 5.74) is 1.71. The van der Waals surface area contributed by atoms with Crippen LogP contribution in [0.3, 0.4) is 0 Å². The van der Waals surface area contributed by atoms with E-state index in [0.717, 1.165) is 11.3 Å². The van der Waals surface area contributed by atoms with Gasteiger partial charge in [-0.3, -0.25) is 9.52 Å². The van der Waals surface area contributed by atoms with Gasteiger partial charge in [-0.1, -0.05) is 0 Å². The van der Waals surface area contributed by atoms with E-state index >= 15 is 0 Å². The number of fused-ring (bicyclic) bond motifs is 1. The zero-order valence-corrected chi connectivity index (χ0v) is 17.1. The largest absolute Gasteiger partial charge is 0.479 e. The Kier molecular flexibility index (Phi) is 4.92. The molecular weight excluding hydrogens is 430 g/mol. The monoisotopic (exact) mass is 445 g/mol. The van der Waals surface area contributed by atoms with Crippen molar-refractivity contribution in [2.24, 2.45) is 0 Å². The highest BCUT2D eigenvalue weighted by Gasteiger charge is 2.24. The maximum Gasteiger partial charge on any atom is 0.335 e. The van der Waals surface area contributed by atoms with Crippen LogP contribution in [0.15, 0.2) is 52.7 Å². The van der Waals surface area contributed by atoms with Crippen LogP contribution in [0.1, 0.15) is 17.3 Å². The number of anilines is 2. The van der Waals surface area contributed by atoms with Crippen molar-refractivity contribution in [2.45, 2.75) is 17.9 Å². The van der Waals surface area contributed by atoms with Gasteiger partial charge in [-0.25, -0.2) is 18.2 Å². The SMILES string of the molecule is CC1Oc2ccc(-c3csc(NS(=O)(=O)c4ccc(C(=O)O)cc4)n3)cc2NC1=O. The van der Waals surface area contributed by atoms with Gasteiger partial charge in [0.15, 0.2) is 11.2 Å². The molecule has 0 fully saturated rings. The highest BCUT2D eigenvalue weighted by atomic mass is 32.2. The molecular formula is C19H15N3O6S2. The van der Waals surface area contributed by atoms with E-state index in [0.29, 0.717) is 22.7 Å². The highest BCUT2D eigenvalue weighted by Crippen LogP contribution is 2.35. The van der Waals surface area contributed by atoms with Crippen LogP contribution in [0.5, 0.6) is 5.75 Å². The molecule has 9 nitrogen and oxygen atoms in total. The summed E-state index contributed by atoms with van der Waals surface area (Å²) >= 11 is 1.10. The molecule has 0 spiro atoms. The molecule has 3 N–H and O–H groups in total. The van der Waals surface area contributed by atoms with Crippen molar-refractivity contribution in [3.05, 3.63) is 53.4 Å². The zero-order valence-electron chi connectivity index (χ0n) is 15.4. The first-order chi connectivity index (χ1) is 14.2. The lowest BCUT2D eigenvalue weighted by Gasteiger charge is -2.23. The standard InChI is InChI=1S/C19H15N3O6S2/c1-10-17(23)20-14-8-12(4-7-16(14)28-10)15-9-29-19(21-15)22-30(26,27)13-5-2-11(3-6-13)18(24)25/h2-10H,1H3,(H,20,23)(H,21,22)(H,24,25). The Hall–Kier alpha value is -3.44. The average molecular weight is 445 g/mol. The molecule has 11 heteroatoms. The van der Waals surface area contributed by atoms with Crippen LogP contribution < -0.4 is 14.8 Å². The fourth-order valence-corrected chi connectivity index (χ4v) is 4.74. The number of ether oxygens (including phenoxy) is 1. The van der Waals surface area contributed by atoms with E-state index in [1.165, 1.54) is 24.3 Å². The molecule has 0 saturated heterocycles. The molecule has 0 bridgehead atoms. The van der Waals surface area contributed by atoms with Gasteiger partial charge in [-0.05, 0) is 49.4 Å². The van der Waals surface area contributed by atoms with Crippen LogP contribution in [0.2, 0.25) is 0 Å². The highest BCUT2D eigenvalue weighted by molar-refractivity contribution is 7.93. The number of carbonyl (C=O) groups is 2. The fourth-order valence-electron chi connectivity index (χ4n) is 2.77. The summed E-state index contributed by atoms with van der Waals surface area (Å²) in [5, 5.41) is 13.5. The van der Waals surface area contributed by atoms with E-state index in [9.17, 15) is 18.0 Å². The molecule has 1 unspecified atom stereocenters. The van der Waals surface area contributed by atoms with E-state index < -0.39 is 22.1 Å². The third-order valence-corrected chi connectivity index (χ3v) is 6.59. The van der Waals surface area contributed by atoms with Crippen molar-refractivity contribution >= 4 is 44.1 Å². The number of carboxylic acid groups (broad SMARTS) is 1. The molecule has 3 aromatic rings. The summed E-state index contributed by atoms with van der Waals surface area (Å²) in [6.45, 7) is 1.65. The molecule has 1 aromatic heterocycles. The predicted molar refractivity (Wildman–Crippen MR) is 110 cm³/mol. The number of thiazole rings is 1. The van der Waals surface area contributed by atoms with Crippen molar-refractivity contribution < 1.29 is 27.9 Å². The predicted octanol–water partition coefficient (Wildman–Crippen LogP) is 3.03. The van der Waals surface area contributed by atoms with Crippen molar-refractivity contribution in [3.63, 3.8) is 0 Å². The average Bonchev–Trinajstić information content (AvgIpc) is 3.16. The van der Waals surface area contributed by atoms with Crippen LogP contribution in [-0.2, 0) is 14.8 Å². The molecule has 30 heavy (non-hydrogen) atoms. The van der Waals surface area contributed by atoms with E-state index in [-0.39, 0.29) is 21.5 Å². The molecule has 0 radical (unpaired) electrons. The topological polar surface area (TPSA) is 135 Å². The summed E-state index contributed by atoms with van der Waals surface area (Å²) in [4.78, 5) is 26.9. The number of carbonyl (C=O) groups excluding carboxylic acids is 1. The van der Waals surface area contributed by atoms with E-state index in [2.05, 4.69) is 15.0 Å². The van der Waals surface area contributed by atoms with Crippen LogP contribution in [0.4, 0.5) is 10.8 Å². The van der Waals surface area contributed by atoms with Crippen molar-refractivity contribution in [1.82, 2.24) is 4.98 Å². The molecule has 1 aliphatic rings. The maximum atomic E-state index is 12.5. The summed E-state index contributed by atoms with van der Waals surface area (Å²) in [6, 6.07) is 10.1. The summed E-state index contributed by atoms with van der Waals surface area (Å²) < 4.78 is 33.0. The second kappa shape index (κ2) is 7.43. The summed E-state index contributed by atoms with van der Waals surface area (Å²) in [6.07, 6.45) is -0.576. The molecule has 4 rings (SSSR count). The Bertz CT molecular complexity index is 1250. The normalized spacial score (nSPS) is 15.6. The second-order valence-corrected chi connectivity index (χ2v) is 8.97. The number of sulfonamides is 1. The number of aromatic carboxylic acids is 1. The minimum absolute atomic E-state index is 0.0108. The molecule has 154 valence electrons. The third-order valence-electron chi connectivity index (χ3n) is 4.34. The number of amides is 1. The van der Waals surface area contributed by atoms with Gasteiger partial charge in [0, 0.05) is 10.9 Å². The number of nitrogens with zero attached hydrogens (tertiary/aromatic N) is 1. The zero-order chi connectivity index (χ0) is 21.5. The number of carboxylic acids is 1. The summed E-state index contributed by atoms with van der Waals surface area (Å²) in [5.74, 6) is -0.843. The van der Waals surface area contributed by atoms with E-state index in [1.807, 2.05) is 0 Å². The van der Waals surface area contributed by atoms with Crippen LogP contribution in [0.25, 0.3) is 11.3 Å². The van der Waals surface area contributed by atoms with Gasteiger partial charge in [-0.2, -0.15) is 0 Å². The van der Waals surface area contributed by atoms with Gasteiger partial charge in [-0.15, -0.1) is 11.3 Å². The fraction of sp³-hybridized carbons (Fsp3) is 0.105. The number of hydrogen-bond donors (Lipinski definition) is 3. The lowest BCUT2D eigenvalue weighted by atomic mass is 10.1. The third kappa shape index (κ3) is 3.84. The van der Waals surface area contributed by atoms with Crippen LogP contribution in [0, 0.1) is 0 Å². The lowest BCUT2D eigenvalue weighted by Crippen LogP contribution is -2.34. The van der Waals surface area contributed by atoms with E-state index in [4.69, 9.17) is 9.84 Å². The Morgan fingerprint density at radius 2 is 1.97 bits per heavy atom. The Labute approximate surface area is 175 Å². The Morgan fingerprint density at radius 3 is 2.67 bits per heavy atom. The maximum absolute atomic E-state index is 12.5. The molecule has 1 amide bonds. The van der Waals surface area contributed by atoms with Gasteiger partial charge < -0.3 is 15.2 Å². The number of aromatic nitrogens is 1. The van der Waals surface area contributed by atoms with Gasteiger partial charge in [0.05, 0.1) is 21.8 Å². The number of benzene rings is 2. The van der Waals surface area contributed by atoms with Gasteiger partial charge in [0.1, 0.15) is 5.75 Å². The molecule has 1 aliphatic heterocycles. The lowest BCUT2D eigenvalue weighted by molar-refractivity contribution is -0.122. The Balaban J connectivity index is 1.55. The van der Waals surface area contributed by atoms with Crippen molar-refractivity contribution in [1.29, 1.82) is 0 Å². The first kappa shape index (κ1) is 19.9. The number of rotatable bonds is 5. The summed E-state index contributed by atoms with van der Waals surface area (Å²) in [7, 11) is -3.92. The van der Waals surface area contributed by atoms with Gasteiger partial charge >= 0.3 is 5.97 Å². The number of hydrogen-bond acceptors (Lipinski definition) is 7. The van der Waals surface area contributed by atoms with Crippen molar-refractivity contribution in [3.8, 4) is 17.0 Å². The molecule has 2 heterocycles. The quantitative estimate of drug-likeness (QED) is 0.549. The smallest absolute Gasteiger partial charge is 0.335 e. The first-order valence-electron chi connectivity index (χ1n) is 8.66. The molecule has 1 atom stereocenters. The van der Waals surface area contributed by atoms with E-state index in [1.54, 1.807) is 30.5 Å². The Morgan fingerprint density at radius 1 is 1.23 bits per heavy atom. The molecule has 0 aliphatic carbocycles. The van der Waals surface area contributed by atoms with Crippen molar-refractivity contribution in [2.75, 3.05) is 10.0 Å². The van der Waals surface area contributed by atoms with Crippen LogP contribution in [-0.4, -0.2) is 36.5 Å². The van der Waals surface area contributed by atoms with Gasteiger partial charge in [0.25, 0.3) is 15.9 Å². The minimum Gasteiger partial charge on any atom is -0.479 e. The number of nitrogens with one attached hydrogen (secondary N) is 2. The first-order valence-corrected chi connectivity index (χ1v) is 11.0. The van der Waals surface area contributed by atoms with Gasteiger partial charge in [0.2, 0.25) is 0 Å². The second-order valence-electron chi connectivity index (χ2n) is 6.43. The molecule has 2 aromatic carbocycles. The van der Waals surface area contributed by atoms with Crippen LogP contribution >= 0.6 is 11.3 Å². The minimum atomic E-state index is -3.92.